The van der Waals surface area contributed by atoms with Gasteiger partial charge in [0.25, 0.3) is 0 Å². The summed E-state index contributed by atoms with van der Waals surface area (Å²) in [5, 5.41) is 3.40. The SMILES string of the molecule is Fc1ccc(-c2cnc(CNC3CC3)[nH]2)c(Br)c1. The minimum atomic E-state index is -0.249. The molecule has 0 unspecified atom stereocenters. The number of benzene rings is 1. The van der Waals surface area contributed by atoms with E-state index in [-0.39, 0.29) is 5.82 Å². The highest BCUT2D eigenvalue weighted by molar-refractivity contribution is 9.10. The van der Waals surface area contributed by atoms with E-state index in [4.69, 9.17) is 0 Å². The molecule has 0 amide bonds. The number of nitrogens with zero attached hydrogens (tertiary/aromatic N) is 1. The molecule has 1 aliphatic carbocycles. The van der Waals surface area contributed by atoms with E-state index >= 15 is 0 Å². The summed E-state index contributed by atoms with van der Waals surface area (Å²) in [6.07, 6.45) is 4.30. The fraction of sp³-hybridized carbons (Fsp3) is 0.308. The molecule has 3 rings (SSSR count). The smallest absolute Gasteiger partial charge is 0.124 e. The lowest BCUT2D eigenvalue weighted by atomic mass is 10.2. The fourth-order valence-corrected chi connectivity index (χ4v) is 2.39. The van der Waals surface area contributed by atoms with Crippen LogP contribution in [0.2, 0.25) is 0 Å². The molecule has 5 heteroatoms. The second kappa shape index (κ2) is 4.82. The first-order valence-electron chi connectivity index (χ1n) is 5.95. The van der Waals surface area contributed by atoms with Gasteiger partial charge in [0, 0.05) is 16.1 Å². The normalized spacial score (nSPS) is 15.0. The Kier molecular flexibility index (Phi) is 3.18. The van der Waals surface area contributed by atoms with Crippen molar-refractivity contribution in [1.82, 2.24) is 15.3 Å². The number of halogens is 2. The van der Waals surface area contributed by atoms with Gasteiger partial charge in [0.2, 0.25) is 0 Å². The van der Waals surface area contributed by atoms with Crippen molar-refractivity contribution in [2.75, 3.05) is 0 Å². The van der Waals surface area contributed by atoms with Crippen LogP contribution in [0.1, 0.15) is 18.7 Å². The van der Waals surface area contributed by atoms with Gasteiger partial charge in [0.1, 0.15) is 11.6 Å². The molecule has 94 valence electrons. The number of rotatable bonds is 4. The van der Waals surface area contributed by atoms with Crippen LogP contribution in [0.3, 0.4) is 0 Å². The highest BCUT2D eigenvalue weighted by Crippen LogP contribution is 2.27. The van der Waals surface area contributed by atoms with E-state index in [1.807, 2.05) is 0 Å². The molecule has 1 aromatic heterocycles. The lowest BCUT2D eigenvalue weighted by molar-refractivity contribution is 0.627. The summed E-state index contributed by atoms with van der Waals surface area (Å²) >= 11 is 3.36. The van der Waals surface area contributed by atoms with E-state index in [0.29, 0.717) is 6.04 Å². The molecule has 3 nitrogen and oxygen atoms in total. The van der Waals surface area contributed by atoms with Gasteiger partial charge in [-0.1, -0.05) is 0 Å². The first kappa shape index (κ1) is 11.9. The van der Waals surface area contributed by atoms with E-state index in [9.17, 15) is 4.39 Å². The molecule has 2 aromatic rings. The molecule has 1 saturated carbocycles. The zero-order valence-corrected chi connectivity index (χ0v) is 11.3. The van der Waals surface area contributed by atoms with E-state index in [1.54, 1.807) is 12.3 Å². The largest absolute Gasteiger partial charge is 0.341 e. The summed E-state index contributed by atoms with van der Waals surface area (Å²) in [4.78, 5) is 7.57. The van der Waals surface area contributed by atoms with Gasteiger partial charge >= 0.3 is 0 Å². The Bertz CT molecular complexity index is 563. The average Bonchev–Trinajstić information content (AvgIpc) is 3.05. The van der Waals surface area contributed by atoms with Crippen molar-refractivity contribution in [3.05, 3.63) is 40.5 Å². The van der Waals surface area contributed by atoms with Crippen molar-refractivity contribution >= 4 is 15.9 Å². The Labute approximate surface area is 113 Å². The lowest BCUT2D eigenvalue weighted by Gasteiger charge is -2.02. The van der Waals surface area contributed by atoms with Crippen LogP contribution in [0.5, 0.6) is 0 Å². The third-order valence-corrected chi connectivity index (χ3v) is 3.64. The van der Waals surface area contributed by atoms with Crippen LogP contribution in [0.25, 0.3) is 11.3 Å². The minimum Gasteiger partial charge on any atom is -0.341 e. The van der Waals surface area contributed by atoms with Crippen LogP contribution in [-0.2, 0) is 6.54 Å². The number of aromatic nitrogens is 2. The summed E-state index contributed by atoms with van der Waals surface area (Å²) in [5.41, 5.74) is 1.82. The number of nitrogens with one attached hydrogen (secondary N) is 2. The van der Waals surface area contributed by atoms with Gasteiger partial charge in [-0.2, -0.15) is 0 Å². The lowest BCUT2D eigenvalue weighted by Crippen LogP contribution is -2.16. The molecule has 18 heavy (non-hydrogen) atoms. The number of hydrogen-bond acceptors (Lipinski definition) is 2. The predicted octanol–water partition coefficient (Wildman–Crippen LogP) is 3.23. The van der Waals surface area contributed by atoms with Crippen LogP contribution >= 0.6 is 15.9 Å². The van der Waals surface area contributed by atoms with Gasteiger partial charge in [0.15, 0.2) is 0 Å². The standard InChI is InChI=1S/C13H13BrFN3/c14-11-5-8(15)1-4-10(11)12-6-17-13(18-12)7-16-9-2-3-9/h1,4-6,9,16H,2-3,7H2,(H,17,18). The van der Waals surface area contributed by atoms with Crippen molar-refractivity contribution in [3.8, 4) is 11.3 Å². The third-order valence-electron chi connectivity index (χ3n) is 2.99. The molecule has 0 saturated heterocycles. The maximum absolute atomic E-state index is 13.0. The maximum atomic E-state index is 13.0. The molecule has 0 aliphatic heterocycles. The Morgan fingerprint density at radius 1 is 1.44 bits per heavy atom. The van der Waals surface area contributed by atoms with E-state index < -0.39 is 0 Å². The molecule has 0 atom stereocenters. The zero-order valence-electron chi connectivity index (χ0n) is 9.71. The summed E-state index contributed by atoms with van der Waals surface area (Å²) in [6, 6.07) is 5.31. The van der Waals surface area contributed by atoms with Crippen LogP contribution in [-0.4, -0.2) is 16.0 Å². The maximum Gasteiger partial charge on any atom is 0.124 e. The summed E-state index contributed by atoms with van der Waals surface area (Å²) < 4.78 is 13.7. The van der Waals surface area contributed by atoms with E-state index in [2.05, 4.69) is 31.2 Å². The Morgan fingerprint density at radius 2 is 2.28 bits per heavy atom. The van der Waals surface area contributed by atoms with E-state index in [0.717, 1.165) is 28.1 Å². The molecule has 1 aliphatic rings. The van der Waals surface area contributed by atoms with Crippen molar-refractivity contribution < 1.29 is 4.39 Å². The van der Waals surface area contributed by atoms with Crippen LogP contribution < -0.4 is 5.32 Å². The Hall–Kier alpha value is -1.20. The first-order valence-corrected chi connectivity index (χ1v) is 6.74. The summed E-state index contributed by atoms with van der Waals surface area (Å²) in [6.45, 7) is 0.753. The first-order chi connectivity index (χ1) is 8.72. The van der Waals surface area contributed by atoms with Gasteiger partial charge in [-0.25, -0.2) is 9.37 Å². The summed E-state index contributed by atoms with van der Waals surface area (Å²) in [5.74, 6) is 0.661. The highest BCUT2D eigenvalue weighted by atomic mass is 79.9. The van der Waals surface area contributed by atoms with Gasteiger partial charge in [-0.3, -0.25) is 0 Å². The van der Waals surface area contributed by atoms with Crippen LogP contribution in [0.15, 0.2) is 28.9 Å². The predicted molar refractivity (Wildman–Crippen MR) is 71.5 cm³/mol. The molecule has 1 fully saturated rings. The number of imidazole rings is 1. The van der Waals surface area contributed by atoms with E-state index in [1.165, 1.54) is 25.0 Å². The number of H-pyrrole nitrogens is 1. The van der Waals surface area contributed by atoms with Gasteiger partial charge in [-0.05, 0) is 47.0 Å². The van der Waals surface area contributed by atoms with Gasteiger partial charge in [0.05, 0.1) is 18.4 Å². The highest BCUT2D eigenvalue weighted by Gasteiger charge is 2.20. The monoisotopic (exact) mass is 309 g/mol. The molecule has 0 radical (unpaired) electrons. The summed E-state index contributed by atoms with van der Waals surface area (Å²) in [7, 11) is 0. The fourth-order valence-electron chi connectivity index (χ4n) is 1.83. The quantitative estimate of drug-likeness (QED) is 0.910. The van der Waals surface area contributed by atoms with Crippen molar-refractivity contribution in [2.24, 2.45) is 0 Å². The second-order valence-corrected chi connectivity index (χ2v) is 5.38. The number of hydrogen-bond donors (Lipinski definition) is 2. The topological polar surface area (TPSA) is 40.7 Å². The second-order valence-electron chi connectivity index (χ2n) is 4.52. The molecule has 0 bridgehead atoms. The van der Waals surface area contributed by atoms with Gasteiger partial charge in [-0.15, -0.1) is 0 Å². The van der Waals surface area contributed by atoms with Crippen molar-refractivity contribution in [2.45, 2.75) is 25.4 Å². The Morgan fingerprint density at radius 3 is 3.00 bits per heavy atom. The van der Waals surface area contributed by atoms with Crippen molar-refractivity contribution in [1.29, 1.82) is 0 Å². The molecule has 0 spiro atoms. The van der Waals surface area contributed by atoms with Gasteiger partial charge < -0.3 is 10.3 Å². The zero-order chi connectivity index (χ0) is 12.5. The molecule has 1 heterocycles. The average molecular weight is 310 g/mol. The minimum absolute atomic E-state index is 0.249. The third kappa shape index (κ3) is 2.62. The van der Waals surface area contributed by atoms with Crippen LogP contribution in [0.4, 0.5) is 4.39 Å². The molecular formula is C13H13BrFN3. The number of aromatic amines is 1. The Balaban J connectivity index is 1.78. The molecule has 2 N–H and O–H groups in total. The molecular weight excluding hydrogens is 297 g/mol. The van der Waals surface area contributed by atoms with Crippen molar-refractivity contribution in [3.63, 3.8) is 0 Å². The molecule has 1 aromatic carbocycles. The van der Waals surface area contributed by atoms with Crippen LogP contribution in [0, 0.1) is 5.82 Å².